The van der Waals surface area contributed by atoms with Crippen molar-refractivity contribution < 1.29 is 4.74 Å². The molecular weight excluding hydrogens is 286 g/mol. The van der Waals surface area contributed by atoms with Gasteiger partial charge >= 0.3 is 0 Å². The third-order valence-electron chi connectivity index (χ3n) is 4.66. The molecule has 1 aliphatic heterocycles. The van der Waals surface area contributed by atoms with Crippen molar-refractivity contribution >= 4 is 11.0 Å². The Morgan fingerprint density at radius 3 is 2.78 bits per heavy atom. The summed E-state index contributed by atoms with van der Waals surface area (Å²) in [6.07, 6.45) is 2.43. The van der Waals surface area contributed by atoms with Crippen LogP contribution in [-0.4, -0.2) is 28.5 Å². The van der Waals surface area contributed by atoms with E-state index in [0.717, 1.165) is 35.7 Å². The van der Waals surface area contributed by atoms with Gasteiger partial charge in [0.25, 0.3) is 0 Å². The largest absolute Gasteiger partial charge is 0.497 e. The third kappa shape index (κ3) is 2.82. The number of nitrogens with zero attached hydrogens (tertiary/aromatic N) is 2. The van der Waals surface area contributed by atoms with E-state index in [1.54, 1.807) is 7.11 Å². The summed E-state index contributed by atoms with van der Waals surface area (Å²) < 4.78 is 5.26. The van der Waals surface area contributed by atoms with Crippen molar-refractivity contribution in [1.29, 1.82) is 0 Å². The van der Waals surface area contributed by atoms with Crippen LogP contribution in [0.3, 0.4) is 0 Å². The summed E-state index contributed by atoms with van der Waals surface area (Å²) in [6.45, 7) is 1.99. The van der Waals surface area contributed by atoms with Gasteiger partial charge in [0.1, 0.15) is 11.6 Å². The zero-order valence-electron chi connectivity index (χ0n) is 13.3. The van der Waals surface area contributed by atoms with Crippen LogP contribution in [0.5, 0.6) is 5.75 Å². The standard InChI is InChI=1S/C19H21N3O/c1-23-15-10-8-14(9-11-15)18-7-4-12-22(18)13-19-20-16-5-2-3-6-17(16)21-19/h2-3,5-6,8-11,18H,4,7,12-13H2,1H3,(H,20,21). The number of methoxy groups -OCH3 is 1. The fourth-order valence-electron chi connectivity index (χ4n) is 3.49. The van der Waals surface area contributed by atoms with Crippen LogP contribution in [0.25, 0.3) is 11.0 Å². The lowest BCUT2D eigenvalue weighted by molar-refractivity contribution is 0.243. The van der Waals surface area contributed by atoms with E-state index in [2.05, 4.69) is 34.1 Å². The summed E-state index contributed by atoms with van der Waals surface area (Å²) in [5.74, 6) is 1.96. The normalized spacial score (nSPS) is 18.6. The van der Waals surface area contributed by atoms with E-state index in [4.69, 9.17) is 9.72 Å². The molecule has 0 radical (unpaired) electrons. The molecule has 4 heteroatoms. The van der Waals surface area contributed by atoms with E-state index < -0.39 is 0 Å². The van der Waals surface area contributed by atoms with Crippen LogP contribution in [0.2, 0.25) is 0 Å². The Morgan fingerprint density at radius 1 is 1.17 bits per heavy atom. The summed E-state index contributed by atoms with van der Waals surface area (Å²) in [7, 11) is 1.71. The molecule has 1 aromatic heterocycles. The molecule has 1 saturated heterocycles. The SMILES string of the molecule is COc1ccc(C2CCCN2Cc2nc3ccccc3[nH]2)cc1. The zero-order valence-corrected chi connectivity index (χ0v) is 13.3. The molecule has 1 fully saturated rings. The topological polar surface area (TPSA) is 41.1 Å². The number of rotatable bonds is 4. The smallest absolute Gasteiger partial charge is 0.121 e. The molecule has 2 aromatic carbocycles. The maximum Gasteiger partial charge on any atom is 0.121 e. The lowest BCUT2D eigenvalue weighted by atomic mass is 10.0. The highest BCUT2D eigenvalue weighted by Crippen LogP contribution is 2.33. The van der Waals surface area contributed by atoms with E-state index in [-0.39, 0.29) is 0 Å². The Kier molecular flexibility index (Phi) is 3.75. The van der Waals surface area contributed by atoms with E-state index in [0.29, 0.717) is 6.04 Å². The number of hydrogen-bond donors (Lipinski definition) is 1. The van der Waals surface area contributed by atoms with E-state index in [1.807, 2.05) is 24.3 Å². The molecule has 1 atom stereocenters. The molecule has 0 bridgehead atoms. The van der Waals surface area contributed by atoms with Crippen molar-refractivity contribution in [2.24, 2.45) is 0 Å². The van der Waals surface area contributed by atoms with Gasteiger partial charge in [-0.1, -0.05) is 24.3 Å². The van der Waals surface area contributed by atoms with Crippen molar-refractivity contribution in [2.75, 3.05) is 13.7 Å². The summed E-state index contributed by atoms with van der Waals surface area (Å²) in [4.78, 5) is 10.7. The third-order valence-corrected chi connectivity index (χ3v) is 4.66. The fourth-order valence-corrected chi connectivity index (χ4v) is 3.49. The number of aromatic amines is 1. The number of ether oxygens (including phenoxy) is 1. The lowest BCUT2D eigenvalue weighted by Crippen LogP contribution is -2.23. The monoisotopic (exact) mass is 307 g/mol. The minimum absolute atomic E-state index is 0.467. The number of likely N-dealkylation sites (tertiary alicyclic amines) is 1. The second kappa shape index (κ2) is 6.05. The van der Waals surface area contributed by atoms with Crippen molar-refractivity contribution in [3.05, 3.63) is 59.9 Å². The average molecular weight is 307 g/mol. The minimum Gasteiger partial charge on any atom is -0.497 e. The van der Waals surface area contributed by atoms with Gasteiger partial charge in [0.2, 0.25) is 0 Å². The van der Waals surface area contributed by atoms with Crippen LogP contribution in [0, 0.1) is 0 Å². The van der Waals surface area contributed by atoms with Gasteiger partial charge in [-0.05, 0) is 49.2 Å². The summed E-state index contributed by atoms with van der Waals surface area (Å²) in [6, 6.07) is 17.1. The van der Waals surface area contributed by atoms with E-state index >= 15 is 0 Å². The molecule has 0 saturated carbocycles. The van der Waals surface area contributed by atoms with Gasteiger partial charge < -0.3 is 9.72 Å². The van der Waals surface area contributed by atoms with Crippen molar-refractivity contribution in [1.82, 2.24) is 14.9 Å². The minimum atomic E-state index is 0.467. The molecule has 1 unspecified atom stereocenters. The molecule has 23 heavy (non-hydrogen) atoms. The molecule has 1 N–H and O–H groups in total. The molecule has 118 valence electrons. The van der Waals surface area contributed by atoms with Crippen LogP contribution in [-0.2, 0) is 6.54 Å². The van der Waals surface area contributed by atoms with Crippen molar-refractivity contribution in [2.45, 2.75) is 25.4 Å². The van der Waals surface area contributed by atoms with E-state index in [1.165, 1.54) is 18.4 Å². The van der Waals surface area contributed by atoms with Crippen LogP contribution in [0.4, 0.5) is 0 Å². The first-order valence-electron chi connectivity index (χ1n) is 8.15. The van der Waals surface area contributed by atoms with Gasteiger partial charge in [0.05, 0.1) is 24.7 Å². The first kappa shape index (κ1) is 14.3. The molecule has 1 aliphatic rings. The van der Waals surface area contributed by atoms with E-state index in [9.17, 15) is 0 Å². The Bertz CT molecular complexity index is 761. The number of nitrogens with one attached hydrogen (secondary N) is 1. The van der Waals surface area contributed by atoms with Gasteiger partial charge in [-0.3, -0.25) is 4.90 Å². The predicted molar refractivity (Wildman–Crippen MR) is 91.5 cm³/mol. The molecule has 0 amide bonds. The van der Waals surface area contributed by atoms with Crippen LogP contribution in [0.1, 0.15) is 30.3 Å². The number of benzene rings is 2. The highest BCUT2D eigenvalue weighted by atomic mass is 16.5. The lowest BCUT2D eigenvalue weighted by Gasteiger charge is -2.24. The van der Waals surface area contributed by atoms with Gasteiger partial charge in [-0.2, -0.15) is 0 Å². The number of fused-ring (bicyclic) bond motifs is 1. The van der Waals surface area contributed by atoms with Crippen LogP contribution < -0.4 is 4.74 Å². The highest BCUT2D eigenvalue weighted by molar-refractivity contribution is 5.74. The maximum absolute atomic E-state index is 5.26. The second-order valence-electron chi connectivity index (χ2n) is 6.10. The quantitative estimate of drug-likeness (QED) is 0.794. The van der Waals surface area contributed by atoms with Gasteiger partial charge in [0, 0.05) is 6.04 Å². The number of hydrogen-bond acceptors (Lipinski definition) is 3. The summed E-state index contributed by atoms with van der Waals surface area (Å²) >= 11 is 0. The molecule has 4 nitrogen and oxygen atoms in total. The fraction of sp³-hybridized carbons (Fsp3) is 0.316. The van der Waals surface area contributed by atoms with Crippen molar-refractivity contribution in [3.63, 3.8) is 0 Å². The Balaban J connectivity index is 1.54. The molecule has 4 rings (SSSR count). The van der Waals surface area contributed by atoms with Crippen molar-refractivity contribution in [3.8, 4) is 5.75 Å². The zero-order chi connectivity index (χ0) is 15.6. The van der Waals surface area contributed by atoms with Crippen LogP contribution in [0.15, 0.2) is 48.5 Å². The molecule has 2 heterocycles. The Hall–Kier alpha value is -2.33. The predicted octanol–water partition coefficient (Wildman–Crippen LogP) is 3.91. The Labute approximate surface area is 136 Å². The van der Waals surface area contributed by atoms with Crippen LogP contribution >= 0.6 is 0 Å². The van der Waals surface area contributed by atoms with Gasteiger partial charge in [0.15, 0.2) is 0 Å². The first-order valence-corrected chi connectivity index (χ1v) is 8.15. The summed E-state index contributed by atoms with van der Waals surface area (Å²) in [5, 5.41) is 0. The number of para-hydroxylation sites is 2. The molecular formula is C19H21N3O. The molecule has 0 spiro atoms. The average Bonchev–Trinajstić information content (AvgIpc) is 3.21. The Morgan fingerprint density at radius 2 is 2.00 bits per heavy atom. The second-order valence-corrected chi connectivity index (χ2v) is 6.10. The van der Waals surface area contributed by atoms with Gasteiger partial charge in [-0.25, -0.2) is 4.98 Å². The maximum atomic E-state index is 5.26. The number of aromatic nitrogens is 2. The summed E-state index contributed by atoms with van der Waals surface area (Å²) in [5.41, 5.74) is 3.52. The molecule has 3 aromatic rings. The highest BCUT2D eigenvalue weighted by Gasteiger charge is 2.26. The first-order chi connectivity index (χ1) is 11.3. The van der Waals surface area contributed by atoms with Gasteiger partial charge in [-0.15, -0.1) is 0 Å². The number of imidazole rings is 1. The number of H-pyrrole nitrogens is 1. The molecule has 0 aliphatic carbocycles.